The van der Waals surface area contributed by atoms with Crippen LogP contribution in [0.2, 0.25) is 0 Å². The third-order valence-electron chi connectivity index (χ3n) is 0.426. The number of carbonyl (C=O) groups is 1. The van der Waals surface area contributed by atoms with Gasteiger partial charge < -0.3 is 0 Å². The molecule has 0 unspecified atom stereocenters. The average Bonchev–Trinajstić information content (AvgIpc) is 1.83. The number of allylic oxidation sites excluding steroid dienone is 1. The van der Waals surface area contributed by atoms with Crippen molar-refractivity contribution in [1.29, 1.82) is 0 Å². The maximum atomic E-state index is 10.3. The minimum Gasteiger partial charge on any atom is -0.287 e. The van der Waals surface area contributed by atoms with Crippen molar-refractivity contribution in [3.05, 3.63) is 11.5 Å². The molecule has 0 bridgehead atoms. The number of rotatable bonds is 3. The molecule has 0 heterocycles. The van der Waals surface area contributed by atoms with E-state index in [2.05, 4.69) is 6.58 Å². The first-order valence-electron chi connectivity index (χ1n) is 2.25. The Morgan fingerprint density at radius 2 is 2.22 bits per heavy atom. The predicted molar refractivity (Wildman–Crippen MR) is 45.7 cm³/mol. The molecule has 52 valence electrons. The van der Waals surface area contributed by atoms with Gasteiger partial charge in [-0.05, 0) is 10.8 Å². The summed E-state index contributed by atoms with van der Waals surface area (Å²) in [5.74, 6) is 0.408. The summed E-state index contributed by atoms with van der Waals surface area (Å²) in [5, 5.41) is 0.0752. The van der Waals surface area contributed by atoms with Crippen LogP contribution in [0.5, 0.6) is 0 Å². The molecule has 0 aromatic rings. The summed E-state index contributed by atoms with van der Waals surface area (Å²) in [6.45, 7) is 5.12. The molecule has 4 heteroatoms. The van der Waals surface area contributed by atoms with Crippen LogP contribution in [0.1, 0.15) is 6.92 Å². The van der Waals surface area contributed by atoms with Crippen LogP contribution in [0.4, 0.5) is 0 Å². The molecule has 0 saturated heterocycles. The summed E-state index contributed by atoms with van der Waals surface area (Å²) >= 11 is 5.39. The molecule has 0 spiro atoms. The monoisotopic (exact) mass is 182 g/mol. The van der Waals surface area contributed by atoms with Crippen molar-refractivity contribution in [3.8, 4) is 0 Å². The highest BCUT2D eigenvalue weighted by Crippen LogP contribution is 2.29. The molecule has 0 rings (SSSR count). The maximum Gasteiger partial charge on any atom is 0.196 e. The second-order valence-electron chi connectivity index (χ2n) is 1.33. The molecule has 0 aliphatic carbocycles. The summed E-state index contributed by atoms with van der Waals surface area (Å²) in [6.07, 6.45) is 0. The van der Waals surface area contributed by atoms with Gasteiger partial charge in [0.15, 0.2) is 5.12 Å². The van der Waals surface area contributed by atoms with E-state index < -0.39 is 0 Å². The average molecular weight is 183 g/mol. The zero-order valence-corrected chi connectivity index (χ0v) is 7.41. The van der Waals surface area contributed by atoms with E-state index in [0.29, 0.717) is 5.88 Å². The van der Waals surface area contributed by atoms with Crippen LogP contribution in [-0.2, 0) is 4.79 Å². The number of alkyl halides is 1. The van der Waals surface area contributed by atoms with Crippen LogP contribution >= 0.6 is 33.2 Å². The Morgan fingerprint density at radius 3 is 2.56 bits per heavy atom. The Bertz CT molecular complexity index is 124. The molecule has 0 aliphatic heterocycles. The Balaban J connectivity index is 3.28. The fourth-order valence-electron chi connectivity index (χ4n) is 0.140. The molecular formula is C5H7ClOS2. The normalized spacial score (nSPS) is 9.11. The largest absolute Gasteiger partial charge is 0.287 e. The van der Waals surface area contributed by atoms with E-state index >= 15 is 0 Å². The second kappa shape index (κ2) is 5.21. The van der Waals surface area contributed by atoms with Crippen LogP contribution in [0, 0.1) is 0 Å². The summed E-state index contributed by atoms with van der Waals surface area (Å²) in [7, 11) is 2.48. The Hall–Kier alpha value is 0.400. The number of halogens is 1. The van der Waals surface area contributed by atoms with Gasteiger partial charge in [-0.3, -0.25) is 4.79 Å². The molecule has 0 amide bonds. The highest BCUT2D eigenvalue weighted by atomic mass is 35.5. The quantitative estimate of drug-likeness (QED) is 0.494. The summed E-state index contributed by atoms with van der Waals surface area (Å²) in [4.78, 5) is 11.1. The van der Waals surface area contributed by atoms with Crippen molar-refractivity contribution < 1.29 is 4.79 Å². The molecular weight excluding hydrogens is 176 g/mol. The lowest BCUT2D eigenvalue weighted by atomic mass is 10.7. The second-order valence-corrected chi connectivity index (χ2v) is 4.08. The molecule has 9 heavy (non-hydrogen) atoms. The zero-order chi connectivity index (χ0) is 7.28. The van der Waals surface area contributed by atoms with Crippen LogP contribution in [-0.4, -0.2) is 11.0 Å². The minimum atomic E-state index is 0.0752. The molecule has 0 fully saturated rings. The van der Waals surface area contributed by atoms with Gasteiger partial charge in [-0.1, -0.05) is 17.4 Å². The van der Waals surface area contributed by atoms with Gasteiger partial charge >= 0.3 is 0 Å². The van der Waals surface area contributed by atoms with Crippen molar-refractivity contribution in [1.82, 2.24) is 0 Å². The van der Waals surface area contributed by atoms with Crippen molar-refractivity contribution >= 4 is 38.3 Å². The first-order chi connectivity index (χ1) is 4.16. The van der Waals surface area contributed by atoms with Gasteiger partial charge in [0.2, 0.25) is 0 Å². The highest BCUT2D eigenvalue weighted by Gasteiger charge is 1.96. The molecule has 0 radical (unpaired) electrons. The molecule has 0 saturated carbocycles. The maximum absolute atomic E-state index is 10.3. The van der Waals surface area contributed by atoms with Gasteiger partial charge in [-0.2, -0.15) is 0 Å². The van der Waals surface area contributed by atoms with Crippen molar-refractivity contribution in [2.45, 2.75) is 6.92 Å². The Kier molecular flexibility index (Phi) is 5.44. The topological polar surface area (TPSA) is 17.1 Å². The van der Waals surface area contributed by atoms with Crippen LogP contribution < -0.4 is 0 Å². The molecule has 1 nitrogen and oxygen atoms in total. The molecule has 0 aromatic heterocycles. The van der Waals surface area contributed by atoms with Crippen LogP contribution in [0.25, 0.3) is 0 Å². The van der Waals surface area contributed by atoms with Gasteiger partial charge in [0.05, 0.1) is 5.88 Å². The van der Waals surface area contributed by atoms with Gasteiger partial charge in [0.25, 0.3) is 0 Å². The Morgan fingerprint density at radius 1 is 1.67 bits per heavy atom. The number of carbonyl (C=O) groups excluding carboxylic acids is 1. The van der Waals surface area contributed by atoms with Crippen LogP contribution in [0.3, 0.4) is 0 Å². The first kappa shape index (κ1) is 9.40. The van der Waals surface area contributed by atoms with Gasteiger partial charge in [0, 0.05) is 11.8 Å². The standard InChI is InChI=1S/C5H7ClOS2/c1-4(3-6)8-9-5(2)7/h1,3H2,2H3. The SMILES string of the molecule is C=C(CCl)SSC(C)=O. The smallest absolute Gasteiger partial charge is 0.196 e. The van der Waals surface area contributed by atoms with Crippen molar-refractivity contribution in [2.75, 3.05) is 5.88 Å². The molecule has 0 N–H and O–H groups in total. The molecule has 0 aromatic carbocycles. The first-order valence-corrected chi connectivity index (χ1v) is 4.94. The van der Waals surface area contributed by atoms with E-state index in [0.717, 1.165) is 15.7 Å². The van der Waals surface area contributed by atoms with Gasteiger partial charge in [-0.15, -0.1) is 11.6 Å². The lowest BCUT2D eigenvalue weighted by Gasteiger charge is -1.94. The lowest BCUT2D eigenvalue weighted by Crippen LogP contribution is -1.76. The van der Waals surface area contributed by atoms with Crippen molar-refractivity contribution in [3.63, 3.8) is 0 Å². The number of hydrogen-bond acceptors (Lipinski definition) is 3. The summed E-state index contributed by atoms with van der Waals surface area (Å²) in [6, 6.07) is 0. The van der Waals surface area contributed by atoms with E-state index in [-0.39, 0.29) is 5.12 Å². The van der Waals surface area contributed by atoms with E-state index in [4.69, 9.17) is 11.6 Å². The summed E-state index contributed by atoms with van der Waals surface area (Å²) < 4.78 is 0. The van der Waals surface area contributed by atoms with E-state index in [1.54, 1.807) is 0 Å². The molecule has 0 aliphatic rings. The van der Waals surface area contributed by atoms with E-state index in [9.17, 15) is 4.79 Å². The fraction of sp³-hybridized carbons (Fsp3) is 0.400. The highest BCUT2D eigenvalue weighted by molar-refractivity contribution is 8.83. The number of hydrogen-bond donors (Lipinski definition) is 0. The zero-order valence-electron chi connectivity index (χ0n) is 5.02. The van der Waals surface area contributed by atoms with Gasteiger partial charge in [0.1, 0.15) is 0 Å². The summed E-state index contributed by atoms with van der Waals surface area (Å²) in [5.41, 5.74) is 0. The third kappa shape index (κ3) is 6.28. The van der Waals surface area contributed by atoms with E-state index in [1.165, 1.54) is 17.7 Å². The fourth-order valence-corrected chi connectivity index (χ4v) is 1.66. The lowest BCUT2D eigenvalue weighted by molar-refractivity contribution is -0.109. The molecule has 0 atom stereocenters. The van der Waals surface area contributed by atoms with Crippen LogP contribution in [0.15, 0.2) is 11.5 Å². The van der Waals surface area contributed by atoms with Gasteiger partial charge in [-0.25, -0.2) is 0 Å². The third-order valence-corrected chi connectivity index (χ3v) is 3.27. The predicted octanol–water partition coefficient (Wildman–Crippen LogP) is 2.67. The van der Waals surface area contributed by atoms with E-state index in [1.807, 2.05) is 0 Å². The van der Waals surface area contributed by atoms with Crippen molar-refractivity contribution in [2.24, 2.45) is 0 Å². The Labute approximate surface area is 67.6 Å². The minimum absolute atomic E-state index is 0.0752.